The SMILES string of the molecule is N=C[C@H](F)C[C@@H](COC(=O)c1ccc(Cl)cc1)OS(=O)(=O)c1cc(Cl)c(Cl)cc1Cl. The van der Waals surface area contributed by atoms with Gasteiger partial charge in [-0.3, -0.25) is 4.18 Å². The highest BCUT2D eigenvalue weighted by Crippen LogP contribution is 2.33. The number of rotatable bonds is 9. The van der Waals surface area contributed by atoms with Crippen LogP contribution in [0.2, 0.25) is 20.1 Å². The van der Waals surface area contributed by atoms with Crippen molar-refractivity contribution in [2.75, 3.05) is 6.61 Å². The summed E-state index contributed by atoms with van der Waals surface area (Å²) in [6.45, 7) is -0.603. The van der Waals surface area contributed by atoms with Crippen LogP contribution in [-0.2, 0) is 19.0 Å². The topological polar surface area (TPSA) is 93.5 Å². The van der Waals surface area contributed by atoms with Gasteiger partial charge in [0.15, 0.2) is 0 Å². The molecule has 0 unspecified atom stereocenters. The Morgan fingerprint density at radius 1 is 1.07 bits per heavy atom. The van der Waals surface area contributed by atoms with Crippen molar-refractivity contribution in [2.45, 2.75) is 23.6 Å². The number of esters is 1. The van der Waals surface area contributed by atoms with Gasteiger partial charge in [-0.15, -0.1) is 0 Å². The molecule has 0 aliphatic heterocycles. The maximum absolute atomic E-state index is 13.7. The van der Waals surface area contributed by atoms with Gasteiger partial charge in [0.2, 0.25) is 0 Å². The lowest BCUT2D eigenvalue weighted by Gasteiger charge is -2.19. The molecule has 0 heterocycles. The van der Waals surface area contributed by atoms with Gasteiger partial charge < -0.3 is 10.1 Å². The van der Waals surface area contributed by atoms with Gasteiger partial charge in [0.05, 0.1) is 20.6 Å². The molecule has 30 heavy (non-hydrogen) atoms. The summed E-state index contributed by atoms with van der Waals surface area (Å²) in [5.41, 5.74) is 0.150. The zero-order chi connectivity index (χ0) is 22.5. The third-order valence-corrected chi connectivity index (χ3v) is 6.46. The Labute approximate surface area is 192 Å². The number of nitrogens with one attached hydrogen (secondary N) is 1. The number of hydrogen-bond donors (Lipinski definition) is 1. The molecule has 0 saturated carbocycles. The first-order chi connectivity index (χ1) is 14.0. The number of carbonyl (C=O) groups is 1. The molecule has 0 bridgehead atoms. The highest BCUT2D eigenvalue weighted by Gasteiger charge is 2.28. The van der Waals surface area contributed by atoms with E-state index in [1.807, 2.05) is 0 Å². The van der Waals surface area contributed by atoms with E-state index in [1.54, 1.807) is 0 Å². The number of alkyl halides is 1. The van der Waals surface area contributed by atoms with Crippen LogP contribution in [0.3, 0.4) is 0 Å². The van der Waals surface area contributed by atoms with E-state index in [-0.39, 0.29) is 20.6 Å². The summed E-state index contributed by atoms with van der Waals surface area (Å²) in [6, 6.07) is 7.85. The van der Waals surface area contributed by atoms with Crippen LogP contribution >= 0.6 is 46.4 Å². The van der Waals surface area contributed by atoms with Crippen molar-refractivity contribution < 1.29 is 26.5 Å². The first-order valence-corrected chi connectivity index (χ1v) is 11.1. The van der Waals surface area contributed by atoms with Crippen LogP contribution in [-0.4, -0.2) is 39.5 Å². The molecule has 0 saturated heterocycles. The van der Waals surface area contributed by atoms with Crippen LogP contribution in [0.4, 0.5) is 4.39 Å². The minimum Gasteiger partial charge on any atom is -0.459 e. The van der Waals surface area contributed by atoms with Gasteiger partial charge in [-0.2, -0.15) is 8.42 Å². The zero-order valence-corrected chi connectivity index (χ0v) is 18.8. The van der Waals surface area contributed by atoms with Gasteiger partial charge in [0.25, 0.3) is 10.1 Å². The van der Waals surface area contributed by atoms with Crippen molar-refractivity contribution in [1.82, 2.24) is 0 Å². The fraction of sp³-hybridized carbons (Fsp3) is 0.222. The van der Waals surface area contributed by atoms with Crippen molar-refractivity contribution in [3.63, 3.8) is 0 Å². The Hall–Kier alpha value is -1.42. The minimum absolute atomic E-state index is 0.0293. The molecule has 12 heteroatoms. The smallest absolute Gasteiger partial charge is 0.338 e. The lowest BCUT2D eigenvalue weighted by atomic mass is 10.2. The molecule has 0 aliphatic rings. The van der Waals surface area contributed by atoms with Gasteiger partial charge in [0, 0.05) is 17.7 Å². The molecule has 0 spiro atoms. The van der Waals surface area contributed by atoms with Crippen molar-refractivity contribution in [3.8, 4) is 0 Å². The zero-order valence-electron chi connectivity index (χ0n) is 14.9. The summed E-state index contributed by atoms with van der Waals surface area (Å²) in [5, 5.41) is 7.07. The maximum Gasteiger partial charge on any atom is 0.338 e. The Morgan fingerprint density at radius 3 is 2.27 bits per heavy atom. The second-order valence-electron chi connectivity index (χ2n) is 5.89. The Morgan fingerprint density at radius 2 is 1.67 bits per heavy atom. The van der Waals surface area contributed by atoms with Crippen LogP contribution in [0.5, 0.6) is 0 Å². The lowest BCUT2D eigenvalue weighted by molar-refractivity contribution is 0.0283. The largest absolute Gasteiger partial charge is 0.459 e. The molecule has 1 N–H and O–H groups in total. The summed E-state index contributed by atoms with van der Waals surface area (Å²) >= 11 is 23.3. The van der Waals surface area contributed by atoms with Crippen molar-refractivity contribution in [2.24, 2.45) is 0 Å². The number of carbonyl (C=O) groups excluding carboxylic acids is 1. The van der Waals surface area contributed by atoms with Crippen LogP contribution in [0.1, 0.15) is 16.8 Å². The third-order valence-electron chi connectivity index (χ3n) is 3.66. The van der Waals surface area contributed by atoms with Crippen molar-refractivity contribution in [3.05, 3.63) is 62.1 Å². The first-order valence-electron chi connectivity index (χ1n) is 8.18. The van der Waals surface area contributed by atoms with E-state index in [2.05, 4.69) is 0 Å². The third kappa shape index (κ3) is 6.80. The van der Waals surface area contributed by atoms with Crippen LogP contribution in [0.25, 0.3) is 0 Å². The molecule has 0 radical (unpaired) electrons. The van der Waals surface area contributed by atoms with Gasteiger partial charge in [-0.05, 0) is 36.4 Å². The van der Waals surface area contributed by atoms with Gasteiger partial charge in [-0.1, -0.05) is 46.4 Å². The second-order valence-corrected chi connectivity index (χ2v) is 9.09. The quantitative estimate of drug-likeness (QED) is 0.202. The van der Waals surface area contributed by atoms with E-state index in [0.717, 1.165) is 12.1 Å². The van der Waals surface area contributed by atoms with Crippen LogP contribution in [0, 0.1) is 5.41 Å². The van der Waals surface area contributed by atoms with E-state index in [1.165, 1.54) is 24.3 Å². The predicted molar refractivity (Wildman–Crippen MR) is 114 cm³/mol. The fourth-order valence-electron chi connectivity index (χ4n) is 2.22. The lowest BCUT2D eigenvalue weighted by Crippen LogP contribution is -2.29. The number of halogens is 5. The highest BCUT2D eigenvalue weighted by atomic mass is 35.5. The molecule has 162 valence electrons. The van der Waals surface area contributed by atoms with Crippen LogP contribution < -0.4 is 0 Å². The number of benzene rings is 2. The number of hydrogen-bond acceptors (Lipinski definition) is 6. The molecule has 2 rings (SSSR count). The fourth-order valence-corrected chi connectivity index (χ4v) is 4.40. The van der Waals surface area contributed by atoms with E-state index in [0.29, 0.717) is 11.2 Å². The van der Waals surface area contributed by atoms with Gasteiger partial charge in [-0.25, -0.2) is 9.18 Å². The van der Waals surface area contributed by atoms with E-state index in [4.69, 9.17) is 60.7 Å². The Kier molecular flexibility index (Phi) is 8.90. The summed E-state index contributed by atoms with van der Waals surface area (Å²) in [5.74, 6) is -0.796. The molecule has 2 atom stereocenters. The van der Waals surface area contributed by atoms with Crippen molar-refractivity contribution in [1.29, 1.82) is 5.41 Å². The first kappa shape index (κ1) is 24.8. The molecular weight excluding hydrogens is 503 g/mol. The molecule has 0 aliphatic carbocycles. The maximum atomic E-state index is 13.7. The Balaban J connectivity index is 2.19. The van der Waals surface area contributed by atoms with Gasteiger partial charge >= 0.3 is 5.97 Å². The average Bonchev–Trinajstić information content (AvgIpc) is 2.68. The van der Waals surface area contributed by atoms with Gasteiger partial charge in [0.1, 0.15) is 23.8 Å². The minimum atomic E-state index is -4.53. The summed E-state index contributed by atoms with van der Waals surface area (Å²) < 4.78 is 49.0. The summed E-state index contributed by atoms with van der Waals surface area (Å²) in [7, 11) is -4.53. The van der Waals surface area contributed by atoms with E-state index >= 15 is 0 Å². The normalized spacial score (nSPS) is 13.5. The van der Waals surface area contributed by atoms with E-state index in [9.17, 15) is 17.6 Å². The van der Waals surface area contributed by atoms with E-state index < -0.39 is 46.3 Å². The standard InChI is InChI=1S/C18H14Cl4FNO5S/c19-11-3-1-10(2-4-11)18(25)28-9-13(5-12(23)8-24)29-30(26,27)17-7-15(21)14(20)6-16(17)22/h1-4,6-8,12-13,24H,5,9H2/t12-,13+/m1/s1. The predicted octanol–water partition coefficient (Wildman–Crippen LogP) is 5.61. The monoisotopic (exact) mass is 515 g/mol. The molecule has 0 amide bonds. The molecule has 6 nitrogen and oxygen atoms in total. The molecule has 2 aromatic carbocycles. The summed E-state index contributed by atoms with van der Waals surface area (Å²) in [4.78, 5) is 11.6. The molecule has 0 fully saturated rings. The molecular formula is C18H14Cl4FNO5S. The molecule has 0 aromatic heterocycles. The summed E-state index contributed by atoms with van der Waals surface area (Å²) in [6.07, 6.45) is -3.36. The molecule has 2 aromatic rings. The average molecular weight is 517 g/mol. The number of ether oxygens (including phenoxy) is 1. The van der Waals surface area contributed by atoms with Crippen LogP contribution in [0.15, 0.2) is 41.3 Å². The highest BCUT2D eigenvalue weighted by molar-refractivity contribution is 7.87. The van der Waals surface area contributed by atoms with Crippen molar-refractivity contribution >= 4 is 68.7 Å². The second kappa shape index (κ2) is 10.7. The Bertz CT molecular complexity index is 1030.